The Hall–Kier alpha value is -0.0800. The molecule has 0 bridgehead atoms. The summed E-state index contributed by atoms with van der Waals surface area (Å²) in [5, 5.41) is 3.55. The minimum atomic E-state index is 0.867. The van der Waals surface area contributed by atoms with Gasteiger partial charge in [0.1, 0.15) is 0 Å². The van der Waals surface area contributed by atoms with Crippen LogP contribution in [0.3, 0.4) is 0 Å². The molecule has 0 aromatic heterocycles. The van der Waals surface area contributed by atoms with Gasteiger partial charge in [-0.3, -0.25) is 0 Å². The van der Waals surface area contributed by atoms with Gasteiger partial charge in [0.05, 0.1) is 0 Å². The van der Waals surface area contributed by atoms with Crippen LogP contribution in [0.1, 0.15) is 58.3 Å². The molecule has 0 aromatic carbocycles. The Balaban J connectivity index is 1.94. The van der Waals surface area contributed by atoms with Crippen molar-refractivity contribution >= 4 is 0 Å². The van der Waals surface area contributed by atoms with E-state index in [9.17, 15) is 0 Å². The van der Waals surface area contributed by atoms with E-state index in [0.29, 0.717) is 0 Å². The van der Waals surface area contributed by atoms with Crippen molar-refractivity contribution < 1.29 is 0 Å². The molecule has 1 aliphatic rings. The summed E-state index contributed by atoms with van der Waals surface area (Å²) < 4.78 is 0. The maximum Gasteiger partial charge on any atom is 0.0107 e. The van der Waals surface area contributed by atoms with Crippen molar-refractivity contribution in [3.8, 4) is 0 Å². The molecule has 0 spiro atoms. The lowest BCUT2D eigenvalue weighted by atomic mass is 9.94. The minimum absolute atomic E-state index is 0.867. The molecular weight excluding hydrogens is 196 g/mol. The largest absolute Gasteiger partial charge is 0.315 e. The summed E-state index contributed by atoms with van der Waals surface area (Å²) in [6, 6.07) is 0.867. The average molecular weight is 226 g/mol. The molecule has 1 N–H and O–H groups in total. The molecule has 0 atom stereocenters. The molecule has 96 valence electrons. The lowest BCUT2D eigenvalue weighted by molar-refractivity contribution is 0.192. The Bertz CT molecular complexity index is 153. The van der Waals surface area contributed by atoms with Gasteiger partial charge in [0.2, 0.25) is 0 Å². The van der Waals surface area contributed by atoms with Crippen LogP contribution in [-0.4, -0.2) is 37.6 Å². The maximum absolute atomic E-state index is 3.55. The number of nitrogens with zero attached hydrogens (tertiary/aromatic N) is 1. The highest BCUT2D eigenvalue weighted by molar-refractivity contribution is 4.73. The molecule has 0 radical (unpaired) electrons. The van der Waals surface area contributed by atoms with E-state index in [2.05, 4.69) is 24.2 Å². The van der Waals surface area contributed by atoms with Gasteiger partial charge in [-0.15, -0.1) is 0 Å². The summed E-state index contributed by atoms with van der Waals surface area (Å²) in [5.41, 5.74) is 0. The fourth-order valence-electron chi connectivity index (χ4n) is 2.58. The van der Waals surface area contributed by atoms with Crippen molar-refractivity contribution in [3.63, 3.8) is 0 Å². The quantitative estimate of drug-likeness (QED) is 0.640. The molecular formula is C14H30N2. The summed E-state index contributed by atoms with van der Waals surface area (Å²) in [5.74, 6) is 0. The zero-order valence-electron chi connectivity index (χ0n) is 11.3. The highest BCUT2D eigenvalue weighted by atomic mass is 15.1. The molecule has 0 aromatic rings. The third-order valence-corrected chi connectivity index (χ3v) is 3.80. The van der Waals surface area contributed by atoms with Crippen LogP contribution in [0, 0.1) is 0 Å². The molecule has 0 heterocycles. The van der Waals surface area contributed by atoms with Gasteiger partial charge in [-0.25, -0.2) is 0 Å². The Morgan fingerprint density at radius 3 is 2.50 bits per heavy atom. The van der Waals surface area contributed by atoms with E-state index in [1.54, 1.807) is 0 Å². The van der Waals surface area contributed by atoms with Gasteiger partial charge < -0.3 is 10.2 Å². The summed E-state index contributed by atoms with van der Waals surface area (Å²) in [6.45, 7) is 5.84. The first-order chi connectivity index (χ1) is 7.84. The Labute approximate surface area is 102 Å². The molecule has 1 rings (SSSR count). The number of rotatable bonds is 8. The van der Waals surface area contributed by atoms with E-state index in [1.807, 2.05) is 0 Å². The molecule has 0 aliphatic heterocycles. The number of hydrogen-bond donors (Lipinski definition) is 1. The average Bonchev–Trinajstić information content (AvgIpc) is 2.34. The minimum Gasteiger partial charge on any atom is -0.315 e. The molecule has 16 heavy (non-hydrogen) atoms. The summed E-state index contributed by atoms with van der Waals surface area (Å²) in [7, 11) is 2.30. The first-order valence-corrected chi connectivity index (χ1v) is 7.25. The fourth-order valence-corrected chi connectivity index (χ4v) is 2.58. The molecule has 1 fully saturated rings. The van der Waals surface area contributed by atoms with Crippen LogP contribution < -0.4 is 5.32 Å². The Kier molecular flexibility index (Phi) is 7.87. The normalized spacial score (nSPS) is 18.2. The van der Waals surface area contributed by atoms with E-state index in [-0.39, 0.29) is 0 Å². The molecule has 2 nitrogen and oxygen atoms in total. The summed E-state index contributed by atoms with van der Waals surface area (Å²) in [6.07, 6.45) is 11.2. The van der Waals surface area contributed by atoms with Crippen molar-refractivity contribution in [2.24, 2.45) is 0 Å². The Morgan fingerprint density at radius 1 is 1.06 bits per heavy atom. The van der Waals surface area contributed by atoms with Crippen LogP contribution in [0.2, 0.25) is 0 Å². The van der Waals surface area contributed by atoms with Crippen LogP contribution in [0.15, 0.2) is 0 Å². The summed E-state index contributed by atoms with van der Waals surface area (Å²) >= 11 is 0. The van der Waals surface area contributed by atoms with Crippen molar-refractivity contribution in [1.29, 1.82) is 0 Å². The topological polar surface area (TPSA) is 15.3 Å². The second-order valence-electron chi connectivity index (χ2n) is 5.23. The highest BCUT2D eigenvalue weighted by Crippen LogP contribution is 2.21. The van der Waals surface area contributed by atoms with Gasteiger partial charge in [-0.1, -0.05) is 39.0 Å². The number of nitrogens with one attached hydrogen (secondary N) is 1. The van der Waals surface area contributed by atoms with Crippen LogP contribution in [0.4, 0.5) is 0 Å². The monoisotopic (exact) mass is 226 g/mol. The molecule has 1 aliphatic carbocycles. The van der Waals surface area contributed by atoms with Crippen LogP contribution in [-0.2, 0) is 0 Å². The van der Waals surface area contributed by atoms with E-state index in [4.69, 9.17) is 0 Å². The van der Waals surface area contributed by atoms with Gasteiger partial charge in [0.15, 0.2) is 0 Å². The van der Waals surface area contributed by atoms with E-state index >= 15 is 0 Å². The zero-order valence-corrected chi connectivity index (χ0v) is 11.3. The molecule has 0 amide bonds. The van der Waals surface area contributed by atoms with Gasteiger partial charge >= 0.3 is 0 Å². The lowest BCUT2D eigenvalue weighted by Gasteiger charge is -2.31. The molecule has 0 saturated heterocycles. The van der Waals surface area contributed by atoms with Crippen molar-refractivity contribution in [2.75, 3.05) is 26.7 Å². The second kappa shape index (κ2) is 9.00. The SMILES string of the molecule is CCCCCNCCN(C)C1CCCCC1. The number of unbranched alkanes of at least 4 members (excludes halogenated alkanes) is 2. The van der Waals surface area contributed by atoms with E-state index in [1.165, 1.54) is 64.5 Å². The van der Waals surface area contributed by atoms with E-state index in [0.717, 1.165) is 12.6 Å². The van der Waals surface area contributed by atoms with E-state index < -0.39 is 0 Å². The van der Waals surface area contributed by atoms with Crippen molar-refractivity contribution in [3.05, 3.63) is 0 Å². The van der Waals surface area contributed by atoms with Gasteiger partial charge in [-0.05, 0) is 32.9 Å². The van der Waals surface area contributed by atoms with Gasteiger partial charge in [0.25, 0.3) is 0 Å². The third kappa shape index (κ3) is 5.86. The Morgan fingerprint density at radius 2 is 1.81 bits per heavy atom. The second-order valence-corrected chi connectivity index (χ2v) is 5.23. The molecule has 1 saturated carbocycles. The molecule has 2 heteroatoms. The number of likely N-dealkylation sites (N-methyl/N-ethyl adjacent to an activating group) is 1. The summed E-state index contributed by atoms with van der Waals surface area (Å²) in [4.78, 5) is 2.56. The van der Waals surface area contributed by atoms with Crippen LogP contribution in [0.5, 0.6) is 0 Å². The van der Waals surface area contributed by atoms with Gasteiger partial charge in [-0.2, -0.15) is 0 Å². The zero-order chi connectivity index (χ0) is 11.6. The third-order valence-electron chi connectivity index (χ3n) is 3.80. The highest BCUT2D eigenvalue weighted by Gasteiger charge is 2.16. The first-order valence-electron chi connectivity index (χ1n) is 7.25. The first kappa shape index (κ1) is 14.0. The predicted octanol–water partition coefficient (Wildman–Crippen LogP) is 3.03. The van der Waals surface area contributed by atoms with Gasteiger partial charge in [0, 0.05) is 19.1 Å². The fraction of sp³-hybridized carbons (Fsp3) is 1.00. The maximum atomic E-state index is 3.55. The van der Waals surface area contributed by atoms with Crippen LogP contribution in [0.25, 0.3) is 0 Å². The number of hydrogen-bond acceptors (Lipinski definition) is 2. The standard InChI is InChI=1S/C14H30N2/c1-3-4-8-11-15-12-13-16(2)14-9-6-5-7-10-14/h14-15H,3-13H2,1-2H3. The van der Waals surface area contributed by atoms with Crippen LogP contribution >= 0.6 is 0 Å². The smallest absolute Gasteiger partial charge is 0.0107 e. The molecule has 0 unspecified atom stereocenters. The lowest BCUT2D eigenvalue weighted by Crippen LogP contribution is -2.38. The predicted molar refractivity (Wildman–Crippen MR) is 71.9 cm³/mol. The van der Waals surface area contributed by atoms with Crippen molar-refractivity contribution in [2.45, 2.75) is 64.3 Å². The van der Waals surface area contributed by atoms with Crippen molar-refractivity contribution in [1.82, 2.24) is 10.2 Å².